The molecule has 0 bridgehead atoms. The van der Waals surface area contributed by atoms with Gasteiger partial charge in [-0.3, -0.25) is 4.90 Å². The molecule has 0 amide bonds. The third-order valence-electron chi connectivity index (χ3n) is 4.91. The molecule has 2 nitrogen and oxygen atoms in total. The highest BCUT2D eigenvalue weighted by Gasteiger charge is 2.33. The molecule has 0 saturated heterocycles. The first-order valence-corrected chi connectivity index (χ1v) is 8.52. The molecule has 0 aliphatic heterocycles. The minimum atomic E-state index is 0.0514. The highest BCUT2D eigenvalue weighted by Crippen LogP contribution is 2.29. The van der Waals surface area contributed by atoms with Crippen molar-refractivity contribution in [3.05, 3.63) is 34.3 Å². The lowest BCUT2D eigenvalue weighted by Gasteiger charge is -2.44. The van der Waals surface area contributed by atoms with Crippen molar-refractivity contribution < 1.29 is 0 Å². The number of halogens is 1. The Hall–Kier alpha value is -0.380. The summed E-state index contributed by atoms with van der Waals surface area (Å²) < 4.78 is 1.14. The molecule has 1 saturated carbocycles. The third kappa shape index (κ3) is 3.84. The zero-order chi connectivity index (χ0) is 14.6. The standard InChI is InChI=1S/C17H27BrN2/c1-17(13-19,12-14-8-10-15(18)11-9-14)20(2)16-6-4-3-5-7-16/h8-11,16H,3-7,12-13,19H2,1-2H3. The summed E-state index contributed by atoms with van der Waals surface area (Å²) in [6.45, 7) is 3.01. The number of rotatable bonds is 5. The van der Waals surface area contributed by atoms with Crippen LogP contribution in [0.3, 0.4) is 0 Å². The first-order chi connectivity index (χ1) is 9.55. The maximum Gasteiger partial charge on any atom is 0.0343 e. The van der Waals surface area contributed by atoms with E-state index in [0.29, 0.717) is 12.6 Å². The van der Waals surface area contributed by atoms with Gasteiger partial charge in [-0.1, -0.05) is 47.3 Å². The molecular formula is C17H27BrN2. The Morgan fingerprint density at radius 3 is 2.35 bits per heavy atom. The summed E-state index contributed by atoms with van der Waals surface area (Å²) in [5.41, 5.74) is 7.56. The van der Waals surface area contributed by atoms with Crippen molar-refractivity contribution in [3.63, 3.8) is 0 Å². The third-order valence-corrected chi connectivity index (χ3v) is 5.44. The van der Waals surface area contributed by atoms with Gasteiger partial charge >= 0.3 is 0 Å². The highest BCUT2D eigenvalue weighted by atomic mass is 79.9. The SMILES string of the molecule is CN(C1CCCCC1)C(C)(CN)Cc1ccc(Br)cc1. The summed E-state index contributed by atoms with van der Waals surface area (Å²) in [4.78, 5) is 2.55. The van der Waals surface area contributed by atoms with Crippen LogP contribution in [0, 0.1) is 0 Å². The Morgan fingerprint density at radius 2 is 1.80 bits per heavy atom. The fourth-order valence-corrected chi connectivity index (χ4v) is 3.56. The number of hydrogen-bond acceptors (Lipinski definition) is 2. The van der Waals surface area contributed by atoms with E-state index < -0.39 is 0 Å². The normalized spacial score (nSPS) is 20.1. The number of hydrogen-bond donors (Lipinski definition) is 1. The molecule has 1 unspecified atom stereocenters. The van der Waals surface area contributed by atoms with Crippen LogP contribution in [0.4, 0.5) is 0 Å². The topological polar surface area (TPSA) is 29.3 Å². The van der Waals surface area contributed by atoms with Crippen LogP contribution >= 0.6 is 15.9 Å². The highest BCUT2D eigenvalue weighted by molar-refractivity contribution is 9.10. The molecule has 1 atom stereocenters. The van der Waals surface area contributed by atoms with Gasteiger partial charge in [0.2, 0.25) is 0 Å². The van der Waals surface area contributed by atoms with Crippen LogP contribution in [0.15, 0.2) is 28.7 Å². The van der Waals surface area contributed by atoms with Crippen LogP contribution in [0.25, 0.3) is 0 Å². The largest absolute Gasteiger partial charge is 0.329 e. The Kier molecular flexibility index (Phi) is 5.65. The van der Waals surface area contributed by atoms with Crippen molar-refractivity contribution in [2.45, 2.75) is 57.0 Å². The molecule has 1 aliphatic carbocycles. The lowest BCUT2D eigenvalue weighted by molar-refractivity contribution is 0.0705. The lowest BCUT2D eigenvalue weighted by Crippen LogP contribution is -2.55. The van der Waals surface area contributed by atoms with Crippen LogP contribution in [0.2, 0.25) is 0 Å². The van der Waals surface area contributed by atoms with Gasteiger partial charge in [-0.15, -0.1) is 0 Å². The Labute approximate surface area is 131 Å². The van der Waals surface area contributed by atoms with Gasteiger partial charge in [0.15, 0.2) is 0 Å². The van der Waals surface area contributed by atoms with Crippen molar-refractivity contribution in [2.75, 3.05) is 13.6 Å². The quantitative estimate of drug-likeness (QED) is 0.879. The van der Waals surface area contributed by atoms with Gasteiger partial charge in [-0.2, -0.15) is 0 Å². The zero-order valence-corrected chi connectivity index (χ0v) is 14.3. The van der Waals surface area contributed by atoms with Crippen molar-refractivity contribution >= 4 is 15.9 Å². The minimum absolute atomic E-state index is 0.0514. The molecule has 2 rings (SSSR count). The molecule has 3 heteroatoms. The Morgan fingerprint density at radius 1 is 1.20 bits per heavy atom. The average molecular weight is 339 g/mol. The molecule has 0 radical (unpaired) electrons. The summed E-state index contributed by atoms with van der Waals surface area (Å²) in [5.74, 6) is 0. The van der Waals surface area contributed by atoms with Gasteiger partial charge < -0.3 is 5.73 Å². The van der Waals surface area contributed by atoms with E-state index in [9.17, 15) is 0 Å². The number of likely N-dealkylation sites (N-methyl/N-ethyl adjacent to an activating group) is 1. The molecule has 0 aromatic heterocycles. The Balaban J connectivity index is 2.08. The van der Waals surface area contributed by atoms with Gasteiger partial charge in [0.25, 0.3) is 0 Å². The van der Waals surface area contributed by atoms with Gasteiger partial charge in [-0.05, 0) is 50.9 Å². The molecular weight excluding hydrogens is 312 g/mol. The van der Waals surface area contributed by atoms with E-state index in [2.05, 4.69) is 59.1 Å². The van der Waals surface area contributed by atoms with Gasteiger partial charge in [0.05, 0.1) is 0 Å². The summed E-state index contributed by atoms with van der Waals surface area (Å²) in [6, 6.07) is 9.34. The average Bonchev–Trinajstić information content (AvgIpc) is 2.49. The lowest BCUT2D eigenvalue weighted by atomic mass is 9.86. The van der Waals surface area contributed by atoms with Crippen molar-refractivity contribution in [1.29, 1.82) is 0 Å². The van der Waals surface area contributed by atoms with E-state index in [0.717, 1.165) is 10.9 Å². The van der Waals surface area contributed by atoms with E-state index in [1.165, 1.54) is 37.7 Å². The second-order valence-electron chi connectivity index (χ2n) is 6.41. The van der Waals surface area contributed by atoms with Gasteiger partial charge in [0, 0.05) is 22.6 Å². The van der Waals surface area contributed by atoms with Crippen molar-refractivity contribution in [2.24, 2.45) is 5.73 Å². The summed E-state index contributed by atoms with van der Waals surface area (Å²) >= 11 is 3.50. The molecule has 20 heavy (non-hydrogen) atoms. The Bertz CT molecular complexity index is 412. The summed E-state index contributed by atoms with van der Waals surface area (Å²) in [6.07, 6.45) is 7.81. The molecule has 1 aliphatic rings. The van der Waals surface area contributed by atoms with Crippen molar-refractivity contribution in [3.8, 4) is 0 Å². The second-order valence-corrected chi connectivity index (χ2v) is 7.32. The smallest absolute Gasteiger partial charge is 0.0343 e. The molecule has 1 aromatic rings. The van der Waals surface area contributed by atoms with Crippen molar-refractivity contribution in [1.82, 2.24) is 4.90 Å². The maximum absolute atomic E-state index is 6.14. The fourth-order valence-electron chi connectivity index (χ4n) is 3.29. The predicted octanol–water partition coefficient (Wildman–Crippen LogP) is 3.97. The number of nitrogens with two attached hydrogens (primary N) is 1. The van der Waals surface area contributed by atoms with Crippen LogP contribution in [-0.4, -0.2) is 30.1 Å². The molecule has 0 heterocycles. The first-order valence-electron chi connectivity index (χ1n) is 7.72. The monoisotopic (exact) mass is 338 g/mol. The minimum Gasteiger partial charge on any atom is -0.329 e. The number of nitrogens with zero attached hydrogens (tertiary/aromatic N) is 1. The molecule has 0 spiro atoms. The second kappa shape index (κ2) is 7.06. The van der Waals surface area contributed by atoms with E-state index in [4.69, 9.17) is 5.73 Å². The summed E-state index contributed by atoms with van der Waals surface area (Å²) in [7, 11) is 2.27. The first kappa shape index (κ1) is 16.0. The molecule has 1 aromatic carbocycles. The predicted molar refractivity (Wildman–Crippen MR) is 89.9 cm³/mol. The zero-order valence-electron chi connectivity index (χ0n) is 12.7. The van der Waals surface area contributed by atoms with Gasteiger partial charge in [-0.25, -0.2) is 0 Å². The van der Waals surface area contributed by atoms with E-state index in [-0.39, 0.29) is 5.54 Å². The van der Waals surface area contributed by atoms with E-state index in [1.54, 1.807) is 0 Å². The maximum atomic E-state index is 6.14. The molecule has 2 N–H and O–H groups in total. The van der Waals surface area contributed by atoms with Crippen LogP contribution in [0.1, 0.15) is 44.6 Å². The van der Waals surface area contributed by atoms with Crippen LogP contribution in [0.5, 0.6) is 0 Å². The number of benzene rings is 1. The molecule has 112 valence electrons. The fraction of sp³-hybridized carbons (Fsp3) is 0.647. The van der Waals surface area contributed by atoms with Crippen LogP contribution in [-0.2, 0) is 6.42 Å². The summed E-state index contributed by atoms with van der Waals surface area (Å²) in [5, 5.41) is 0. The molecule has 1 fully saturated rings. The van der Waals surface area contributed by atoms with E-state index in [1.807, 2.05) is 0 Å². The van der Waals surface area contributed by atoms with Crippen LogP contribution < -0.4 is 5.73 Å². The van der Waals surface area contributed by atoms with E-state index >= 15 is 0 Å². The van der Waals surface area contributed by atoms with Gasteiger partial charge in [0.1, 0.15) is 0 Å².